The Morgan fingerprint density at radius 3 is 2.78 bits per heavy atom. The molecule has 1 amide bonds. The van der Waals surface area contributed by atoms with Crippen molar-refractivity contribution in [3.63, 3.8) is 0 Å². The molecule has 1 aromatic carbocycles. The van der Waals surface area contributed by atoms with Crippen LogP contribution < -0.4 is 15.8 Å². The van der Waals surface area contributed by atoms with Crippen molar-refractivity contribution < 1.29 is 9.53 Å². The Labute approximate surface area is 108 Å². The fraction of sp³-hybridized carbons (Fsp3) is 0.500. The van der Waals surface area contributed by atoms with E-state index in [1.807, 2.05) is 0 Å². The van der Waals surface area contributed by atoms with Crippen LogP contribution in [0.3, 0.4) is 0 Å². The molecule has 0 spiro atoms. The van der Waals surface area contributed by atoms with E-state index in [4.69, 9.17) is 10.5 Å². The second-order valence-electron chi connectivity index (χ2n) is 5.56. The van der Waals surface area contributed by atoms with Crippen LogP contribution in [0.15, 0.2) is 18.2 Å². The minimum atomic E-state index is -0.0731. The van der Waals surface area contributed by atoms with Gasteiger partial charge in [0.15, 0.2) is 0 Å². The number of methoxy groups -OCH3 is 1. The molecule has 1 aliphatic carbocycles. The molecular weight excluding hydrogens is 228 g/mol. The summed E-state index contributed by atoms with van der Waals surface area (Å²) in [6, 6.07) is 5.07. The first-order valence-electron chi connectivity index (χ1n) is 6.16. The number of amides is 1. The third kappa shape index (κ3) is 2.58. The van der Waals surface area contributed by atoms with Crippen molar-refractivity contribution in [2.45, 2.75) is 20.3 Å². The summed E-state index contributed by atoms with van der Waals surface area (Å²) < 4.78 is 5.10. The zero-order valence-electron chi connectivity index (χ0n) is 11.1. The number of rotatable bonds is 4. The lowest BCUT2D eigenvalue weighted by atomic mass is 10.1. The van der Waals surface area contributed by atoms with Crippen LogP contribution >= 0.6 is 0 Å². The van der Waals surface area contributed by atoms with Gasteiger partial charge < -0.3 is 15.8 Å². The topological polar surface area (TPSA) is 64.3 Å². The molecule has 0 bridgehead atoms. The molecule has 1 atom stereocenters. The number of carbonyl (C=O) groups is 1. The van der Waals surface area contributed by atoms with Gasteiger partial charge in [0.1, 0.15) is 5.75 Å². The van der Waals surface area contributed by atoms with E-state index in [9.17, 15) is 4.79 Å². The molecule has 1 unspecified atom stereocenters. The van der Waals surface area contributed by atoms with Crippen molar-refractivity contribution in [3.05, 3.63) is 23.8 Å². The molecule has 0 aliphatic heterocycles. The number of nitrogens with two attached hydrogens (primary N) is 1. The summed E-state index contributed by atoms with van der Waals surface area (Å²) in [5.41, 5.74) is 7.21. The quantitative estimate of drug-likeness (QED) is 0.802. The second kappa shape index (κ2) is 4.52. The second-order valence-corrected chi connectivity index (χ2v) is 5.56. The van der Waals surface area contributed by atoms with Crippen molar-refractivity contribution in [2.75, 3.05) is 19.4 Å². The Hall–Kier alpha value is -1.71. The van der Waals surface area contributed by atoms with Crippen LogP contribution in [0.25, 0.3) is 0 Å². The van der Waals surface area contributed by atoms with Crippen molar-refractivity contribution in [3.8, 4) is 5.75 Å². The number of hydrogen-bond donors (Lipinski definition) is 2. The van der Waals surface area contributed by atoms with Crippen LogP contribution in [0.4, 0.5) is 5.69 Å². The van der Waals surface area contributed by atoms with Crippen LogP contribution in [0.5, 0.6) is 5.75 Å². The minimum Gasteiger partial charge on any atom is -0.495 e. The van der Waals surface area contributed by atoms with Crippen LogP contribution in [0, 0.1) is 11.3 Å². The molecule has 1 aliphatic rings. The van der Waals surface area contributed by atoms with Gasteiger partial charge in [0.2, 0.25) is 0 Å². The van der Waals surface area contributed by atoms with Gasteiger partial charge in [-0.05, 0) is 36.0 Å². The minimum absolute atomic E-state index is 0.0731. The summed E-state index contributed by atoms with van der Waals surface area (Å²) in [4.78, 5) is 12.0. The zero-order chi connectivity index (χ0) is 13.3. The maximum atomic E-state index is 12.0. The highest BCUT2D eigenvalue weighted by Gasteiger charge is 2.45. The first-order valence-corrected chi connectivity index (χ1v) is 6.16. The summed E-state index contributed by atoms with van der Waals surface area (Å²) in [5.74, 6) is 1.06. The summed E-state index contributed by atoms with van der Waals surface area (Å²) >= 11 is 0. The molecule has 1 aromatic rings. The molecule has 1 saturated carbocycles. The van der Waals surface area contributed by atoms with Crippen LogP contribution in [-0.4, -0.2) is 19.6 Å². The van der Waals surface area contributed by atoms with Gasteiger partial charge in [0.25, 0.3) is 5.91 Å². The largest absolute Gasteiger partial charge is 0.495 e. The van der Waals surface area contributed by atoms with E-state index in [1.165, 1.54) is 6.42 Å². The number of anilines is 1. The number of ether oxygens (including phenoxy) is 1. The standard InChI is InChI=1S/C14H20N2O2/c1-14(2)7-10(14)8-16-13(17)9-4-5-11(15)12(6-9)18-3/h4-6,10H,7-8,15H2,1-3H3,(H,16,17). The Bertz CT molecular complexity index is 469. The van der Waals surface area contributed by atoms with E-state index >= 15 is 0 Å². The SMILES string of the molecule is COc1cc(C(=O)NCC2CC2(C)C)ccc1N. The van der Waals surface area contributed by atoms with Crippen molar-refractivity contribution >= 4 is 11.6 Å². The first-order chi connectivity index (χ1) is 8.44. The average Bonchev–Trinajstić information content (AvgIpc) is 2.94. The Balaban J connectivity index is 1.96. The molecule has 18 heavy (non-hydrogen) atoms. The average molecular weight is 248 g/mol. The lowest BCUT2D eigenvalue weighted by molar-refractivity contribution is 0.0950. The molecular formula is C14H20N2O2. The van der Waals surface area contributed by atoms with E-state index in [2.05, 4.69) is 19.2 Å². The van der Waals surface area contributed by atoms with Gasteiger partial charge in [-0.1, -0.05) is 13.8 Å². The lowest BCUT2D eigenvalue weighted by Gasteiger charge is -2.09. The molecule has 0 aromatic heterocycles. The van der Waals surface area contributed by atoms with Crippen molar-refractivity contribution in [1.82, 2.24) is 5.32 Å². The van der Waals surface area contributed by atoms with E-state index in [0.717, 1.165) is 6.54 Å². The van der Waals surface area contributed by atoms with Gasteiger partial charge in [-0.3, -0.25) is 4.79 Å². The molecule has 0 heterocycles. The highest BCUT2D eigenvalue weighted by molar-refractivity contribution is 5.95. The van der Waals surface area contributed by atoms with Gasteiger partial charge in [0, 0.05) is 12.1 Å². The van der Waals surface area contributed by atoms with Gasteiger partial charge in [-0.25, -0.2) is 0 Å². The summed E-state index contributed by atoms with van der Waals surface area (Å²) in [6.07, 6.45) is 1.18. The van der Waals surface area contributed by atoms with Gasteiger partial charge in [-0.2, -0.15) is 0 Å². The zero-order valence-corrected chi connectivity index (χ0v) is 11.1. The van der Waals surface area contributed by atoms with Crippen LogP contribution in [0.1, 0.15) is 30.6 Å². The molecule has 98 valence electrons. The summed E-state index contributed by atoms with van der Waals surface area (Å²) in [5, 5.41) is 2.95. The van der Waals surface area contributed by atoms with Crippen LogP contribution in [-0.2, 0) is 0 Å². The van der Waals surface area contributed by atoms with Gasteiger partial charge >= 0.3 is 0 Å². The van der Waals surface area contributed by atoms with Crippen molar-refractivity contribution in [1.29, 1.82) is 0 Å². The maximum Gasteiger partial charge on any atom is 0.251 e. The number of benzene rings is 1. The molecule has 0 saturated heterocycles. The van der Waals surface area contributed by atoms with Crippen LogP contribution in [0.2, 0.25) is 0 Å². The smallest absolute Gasteiger partial charge is 0.251 e. The Kier molecular flexibility index (Phi) is 3.20. The van der Waals surface area contributed by atoms with Gasteiger partial charge in [0.05, 0.1) is 12.8 Å². The first kappa shape index (κ1) is 12.7. The normalized spacial score (nSPS) is 20.3. The Morgan fingerprint density at radius 1 is 1.56 bits per heavy atom. The monoisotopic (exact) mass is 248 g/mol. The fourth-order valence-electron chi connectivity index (χ4n) is 2.09. The number of nitrogens with one attached hydrogen (secondary N) is 1. The maximum absolute atomic E-state index is 12.0. The molecule has 4 heteroatoms. The molecule has 1 fully saturated rings. The molecule has 2 rings (SSSR count). The third-order valence-corrected chi connectivity index (χ3v) is 3.72. The van der Waals surface area contributed by atoms with E-state index in [1.54, 1.807) is 25.3 Å². The van der Waals surface area contributed by atoms with Crippen molar-refractivity contribution in [2.24, 2.45) is 11.3 Å². The van der Waals surface area contributed by atoms with E-state index in [-0.39, 0.29) is 5.91 Å². The number of nitrogen functional groups attached to an aromatic ring is 1. The predicted molar refractivity (Wildman–Crippen MR) is 71.6 cm³/mol. The highest BCUT2D eigenvalue weighted by Crippen LogP contribution is 2.50. The number of hydrogen-bond acceptors (Lipinski definition) is 3. The molecule has 4 nitrogen and oxygen atoms in total. The molecule has 0 radical (unpaired) electrons. The number of carbonyl (C=O) groups excluding carboxylic acids is 1. The summed E-state index contributed by atoms with van der Waals surface area (Å²) in [6.45, 7) is 5.17. The molecule has 3 N–H and O–H groups in total. The van der Waals surface area contributed by atoms with E-state index in [0.29, 0.717) is 28.3 Å². The third-order valence-electron chi connectivity index (χ3n) is 3.72. The predicted octanol–water partition coefficient (Wildman–Crippen LogP) is 2.05. The van der Waals surface area contributed by atoms with E-state index < -0.39 is 0 Å². The van der Waals surface area contributed by atoms with Gasteiger partial charge in [-0.15, -0.1) is 0 Å². The summed E-state index contributed by atoms with van der Waals surface area (Å²) in [7, 11) is 1.54. The fourth-order valence-corrected chi connectivity index (χ4v) is 2.09. The lowest BCUT2D eigenvalue weighted by Crippen LogP contribution is -2.26. The highest BCUT2D eigenvalue weighted by atomic mass is 16.5. The Morgan fingerprint density at radius 2 is 2.22 bits per heavy atom.